The van der Waals surface area contributed by atoms with E-state index in [-0.39, 0.29) is 12.1 Å². The number of carbonyl (C=O) groups excluding carboxylic acids is 1. The van der Waals surface area contributed by atoms with Gasteiger partial charge in [0.15, 0.2) is 0 Å². The lowest BCUT2D eigenvalue weighted by molar-refractivity contribution is -0.116. The molecule has 3 rings (SSSR count). The van der Waals surface area contributed by atoms with E-state index in [1.807, 2.05) is 13.0 Å². The van der Waals surface area contributed by atoms with Crippen molar-refractivity contribution in [1.29, 1.82) is 0 Å². The summed E-state index contributed by atoms with van der Waals surface area (Å²) in [7, 11) is 0. The van der Waals surface area contributed by atoms with Gasteiger partial charge in [-0.25, -0.2) is 18.7 Å². The molecule has 0 unspecified atom stereocenters. The Morgan fingerprint density at radius 2 is 1.96 bits per heavy atom. The van der Waals surface area contributed by atoms with E-state index in [1.54, 1.807) is 0 Å². The first kappa shape index (κ1) is 18.9. The third-order valence-corrected chi connectivity index (χ3v) is 4.36. The lowest BCUT2D eigenvalue weighted by Gasteiger charge is -2.28. The summed E-state index contributed by atoms with van der Waals surface area (Å²) in [5.41, 5.74) is 0.858. The third kappa shape index (κ3) is 5.32. The van der Waals surface area contributed by atoms with E-state index in [4.69, 9.17) is 0 Å². The number of aryl methyl sites for hydroxylation is 1. The average molecular weight is 372 g/mol. The number of nitrogens with one attached hydrogen (secondary N) is 1. The van der Waals surface area contributed by atoms with Crippen molar-refractivity contribution in [2.75, 3.05) is 18.0 Å². The van der Waals surface area contributed by atoms with E-state index < -0.39 is 17.5 Å². The predicted molar refractivity (Wildman–Crippen MR) is 100 cm³/mol. The molecule has 7 heteroatoms. The zero-order chi connectivity index (χ0) is 19.2. The maximum atomic E-state index is 13.6. The molecular formula is C20H22F2N4O. The first-order chi connectivity index (χ1) is 13.0. The molecule has 0 spiro atoms. The first-order valence-electron chi connectivity index (χ1n) is 9.02. The quantitative estimate of drug-likeness (QED) is 0.818. The number of amides is 1. The molecule has 142 valence electrons. The van der Waals surface area contributed by atoms with Gasteiger partial charge in [0.2, 0.25) is 5.91 Å². The standard InChI is InChI=1S/C20H22F2N4O/c1-14-11-19(26-9-3-2-4-10-26)25-18(24-14)13-23-20(27)8-5-15-12-16(21)6-7-17(15)22/h5-8,11-12H,2-4,9-10,13H2,1H3,(H,23,27)/b8-5+. The second-order valence-corrected chi connectivity index (χ2v) is 6.55. The summed E-state index contributed by atoms with van der Waals surface area (Å²) in [5.74, 6) is -0.176. The van der Waals surface area contributed by atoms with Crippen molar-refractivity contribution in [3.63, 3.8) is 0 Å². The molecular weight excluding hydrogens is 350 g/mol. The first-order valence-corrected chi connectivity index (χ1v) is 9.02. The molecule has 5 nitrogen and oxygen atoms in total. The highest BCUT2D eigenvalue weighted by atomic mass is 19.1. The molecule has 2 aromatic rings. The van der Waals surface area contributed by atoms with Crippen LogP contribution in [-0.4, -0.2) is 29.0 Å². The summed E-state index contributed by atoms with van der Waals surface area (Å²) in [5, 5.41) is 2.68. The highest BCUT2D eigenvalue weighted by Gasteiger charge is 2.14. The second kappa shape index (κ2) is 8.70. The average Bonchev–Trinajstić information content (AvgIpc) is 2.67. The van der Waals surface area contributed by atoms with E-state index in [0.717, 1.165) is 55.6 Å². The number of piperidine rings is 1. The molecule has 0 bridgehead atoms. The van der Waals surface area contributed by atoms with E-state index in [0.29, 0.717) is 5.82 Å². The normalized spacial score (nSPS) is 14.6. The number of carbonyl (C=O) groups is 1. The number of nitrogens with zero attached hydrogens (tertiary/aromatic N) is 3. The molecule has 1 N–H and O–H groups in total. The van der Waals surface area contributed by atoms with Crippen molar-refractivity contribution in [3.8, 4) is 0 Å². The maximum Gasteiger partial charge on any atom is 0.244 e. The number of hydrogen-bond acceptors (Lipinski definition) is 4. The molecule has 2 heterocycles. The van der Waals surface area contributed by atoms with Crippen LogP contribution in [0, 0.1) is 18.6 Å². The predicted octanol–water partition coefficient (Wildman–Crippen LogP) is 3.38. The van der Waals surface area contributed by atoms with Gasteiger partial charge in [0.25, 0.3) is 0 Å². The van der Waals surface area contributed by atoms with Crippen LogP contribution in [0.3, 0.4) is 0 Å². The van der Waals surface area contributed by atoms with Crippen molar-refractivity contribution >= 4 is 17.8 Å². The summed E-state index contributed by atoms with van der Waals surface area (Å²) < 4.78 is 26.7. The van der Waals surface area contributed by atoms with Crippen LogP contribution >= 0.6 is 0 Å². The monoisotopic (exact) mass is 372 g/mol. The van der Waals surface area contributed by atoms with Gasteiger partial charge in [-0.2, -0.15) is 0 Å². The van der Waals surface area contributed by atoms with Crippen LogP contribution in [0.4, 0.5) is 14.6 Å². The Balaban J connectivity index is 1.62. The summed E-state index contributed by atoms with van der Waals surface area (Å²) in [6, 6.07) is 5.04. The number of benzene rings is 1. The topological polar surface area (TPSA) is 58.1 Å². The summed E-state index contributed by atoms with van der Waals surface area (Å²) >= 11 is 0. The molecule has 1 aliphatic heterocycles. The highest BCUT2D eigenvalue weighted by Crippen LogP contribution is 2.18. The number of hydrogen-bond donors (Lipinski definition) is 1. The Labute approximate surface area is 157 Å². The van der Waals surface area contributed by atoms with Crippen molar-refractivity contribution in [2.24, 2.45) is 0 Å². The minimum absolute atomic E-state index is 0.0179. The van der Waals surface area contributed by atoms with Crippen molar-refractivity contribution in [3.05, 3.63) is 59.1 Å². The Bertz CT molecular complexity index is 848. The van der Waals surface area contributed by atoms with Gasteiger partial charge in [-0.05, 0) is 50.5 Å². The van der Waals surface area contributed by atoms with Gasteiger partial charge in [0, 0.05) is 36.5 Å². The molecule has 1 amide bonds. The molecule has 1 fully saturated rings. The van der Waals surface area contributed by atoms with Gasteiger partial charge >= 0.3 is 0 Å². The fraction of sp³-hybridized carbons (Fsp3) is 0.350. The Hall–Kier alpha value is -2.83. The van der Waals surface area contributed by atoms with Crippen LogP contribution in [0.2, 0.25) is 0 Å². The van der Waals surface area contributed by atoms with Gasteiger partial charge in [-0.15, -0.1) is 0 Å². The smallest absolute Gasteiger partial charge is 0.244 e. The molecule has 27 heavy (non-hydrogen) atoms. The van der Waals surface area contributed by atoms with Crippen LogP contribution in [0.25, 0.3) is 6.08 Å². The summed E-state index contributed by atoms with van der Waals surface area (Å²) in [6.07, 6.45) is 5.94. The lowest BCUT2D eigenvalue weighted by atomic mass is 10.1. The largest absolute Gasteiger partial charge is 0.357 e. The fourth-order valence-corrected chi connectivity index (χ4v) is 3.01. The molecule has 1 saturated heterocycles. The molecule has 0 aliphatic carbocycles. The van der Waals surface area contributed by atoms with Crippen molar-refractivity contribution in [1.82, 2.24) is 15.3 Å². The van der Waals surface area contributed by atoms with Gasteiger partial charge < -0.3 is 10.2 Å². The van der Waals surface area contributed by atoms with Crippen LogP contribution in [0.5, 0.6) is 0 Å². The number of halogens is 2. The van der Waals surface area contributed by atoms with Crippen molar-refractivity contribution in [2.45, 2.75) is 32.7 Å². The van der Waals surface area contributed by atoms with E-state index in [1.165, 1.54) is 18.6 Å². The summed E-state index contributed by atoms with van der Waals surface area (Å²) in [6.45, 7) is 4.01. The van der Waals surface area contributed by atoms with Crippen LogP contribution in [0.15, 0.2) is 30.3 Å². The highest BCUT2D eigenvalue weighted by molar-refractivity contribution is 5.91. The molecule has 0 atom stereocenters. The lowest BCUT2D eigenvalue weighted by Crippen LogP contribution is -2.31. The number of aromatic nitrogens is 2. The number of rotatable bonds is 5. The third-order valence-electron chi connectivity index (χ3n) is 4.36. The Morgan fingerprint density at radius 1 is 1.19 bits per heavy atom. The van der Waals surface area contributed by atoms with Gasteiger partial charge in [-0.3, -0.25) is 4.79 Å². The zero-order valence-electron chi connectivity index (χ0n) is 15.2. The van der Waals surface area contributed by atoms with Gasteiger partial charge in [-0.1, -0.05) is 0 Å². The van der Waals surface area contributed by atoms with Crippen LogP contribution in [0.1, 0.15) is 36.3 Å². The molecule has 1 aromatic carbocycles. The van der Waals surface area contributed by atoms with Gasteiger partial charge in [0.05, 0.1) is 6.54 Å². The van der Waals surface area contributed by atoms with Crippen LogP contribution in [-0.2, 0) is 11.3 Å². The van der Waals surface area contributed by atoms with Crippen LogP contribution < -0.4 is 10.2 Å². The molecule has 1 aliphatic rings. The maximum absolute atomic E-state index is 13.6. The van der Waals surface area contributed by atoms with Crippen molar-refractivity contribution < 1.29 is 13.6 Å². The summed E-state index contributed by atoms with van der Waals surface area (Å²) in [4.78, 5) is 23.1. The molecule has 1 aromatic heterocycles. The van der Waals surface area contributed by atoms with E-state index in [2.05, 4.69) is 20.2 Å². The molecule has 0 radical (unpaired) electrons. The minimum Gasteiger partial charge on any atom is -0.357 e. The van der Waals surface area contributed by atoms with E-state index in [9.17, 15) is 13.6 Å². The Morgan fingerprint density at radius 3 is 2.74 bits per heavy atom. The minimum atomic E-state index is -0.589. The Kier molecular flexibility index (Phi) is 6.11. The molecule has 0 saturated carbocycles. The zero-order valence-corrected chi connectivity index (χ0v) is 15.2. The fourth-order valence-electron chi connectivity index (χ4n) is 3.01. The second-order valence-electron chi connectivity index (χ2n) is 6.55. The van der Waals surface area contributed by atoms with E-state index >= 15 is 0 Å². The number of anilines is 1. The van der Waals surface area contributed by atoms with Gasteiger partial charge in [0.1, 0.15) is 23.3 Å². The SMILES string of the molecule is Cc1cc(N2CCCCC2)nc(CNC(=O)/C=C/c2cc(F)ccc2F)n1.